The molecule has 1 aliphatic rings. The van der Waals surface area contributed by atoms with Gasteiger partial charge in [0, 0.05) is 19.1 Å². The highest BCUT2D eigenvalue weighted by atomic mass is 16.2. The van der Waals surface area contributed by atoms with Gasteiger partial charge < -0.3 is 10.6 Å². The minimum atomic E-state index is -0.406. The third kappa shape index (κ3) is 5.46. The molecule has 1 aliphatic heterocycles. The van der Waals surface area contributed by atoms with E-state index < -0.39 is 6.03 Å². The van der Waals surface area contributed by atoms with Crippen LogP contribution in [0.25, 0.3) is 0 Å². The van der Waals surface area contributed by atoms with Crippen LogP contribution in [-0.2, 0) is 4.79 Å². The lowest BCUT2D eigenvalue weighted by molar-refractivity contribution is -0.121. The Morgan fingerprint density at radius 2 is 2.22 bits per heavy atom. The molecule has 1 unspecified atom stereocenters. The Morgan fingerprint density at radius 1 is 1.44 bits per heavy atom. The Morgan fingerprint density at radius 3 is 2.83 bits per heavy atom. The van der Waals surface area contributed by atoms with Gasteiger partial charge in [0.2, 0.25) is 5.91 Å². The van der Waals surface area contributed by atoms with Crippen molar-refractivity contribution in [1.82, 2.24) is 20.9 Å². The van der Waals surface area contributed by atoms with Crippen molar-refractivity contribution >= 4 is 11.9 Å². The molecule has 0 aliphatic carbocycles. The lowest BCUT2D eigenvalue weighted by atomic mass is 10.1. The molecule has 0 aromatic heterocycles. The van der Waals surface area contributed by atoms with Crippen molar-refractivity contribution in [1.29, 1.82) is 0 Å². The number of likely N-dealkylation sites (N-methyl/N-ethyl adjacent to an activating group) is 1. The van der Waals surface area contributed by atoms with Crippen LogP contribution >= 0.6 is 0 Å². The number of urea groups is 1. The van der Waals surface area contributed by atoms with Crippen molar-refractivity contribution in [3.05, 3.63) is 0 Å². The zero-order valence-electron chi connectivity index (χ0n) is 11.3. The molecule has 1 heterocycles. The minimum Gasteiger partial charge on any atom is -0.338 e. The molecule has 1 rings (SSSR count). The van der Waals surface area contributed by atoms with Crippen LogP contribution < -0.4 is 16.0 Å². The lowest BCUT2D eigenvalue weighted by Crippen LogP contribution is -2.49. The molecule has 1 atom stereocenters. The standard InChI is InChI=1S/C12H24N4O2/c1-3-6-14-12(18)15-11(17)9-16(2)10-5-4-7-13-8-10/h10,13H,3-9H2,1-2H3,(H2,14,15,17,18). The zero-order chi connectivity index (χ0) is 13.4. The van der Waals surface area contributed by atoms with Gasteiger partial charge in [-0.3, -0.25) is 15.0 Å². The fourth-order valence-electron chi connectivity index (χ4n) is 2.01. The molecule has 0 aromatic rings. The van der Waals surface area contributed by atoms with E-state index in [9.17, 15) is 9.59 Å². The highest BCUT2D eigenvalue weighted by molar-refractivity contribution is 5.95. The number of hydrogen-bond acceptors (Lipinski definition) is 4. The van der Waals surface area contributed by atoms with Crippen molar-refractivity contribution in [2.75, 3.05) is 33.2 Å². The van der Waals surface area contributed by atoms with E-state index >= 15 is 0 Å². The summed E-state index contributed by atoms with van der Waals surface area (Å²) in [5.41, 5.74) is 0. The highest BCUT2D eigenvalue weighted by Gasteiger charge is 2.20. The van der Waals surface area contributed by atoms with Gasteiger partial charge in [0.05, 0.1) is 6.54 Å². The molecular formula is C12H24N4O2. The first kappa shape index (κ1) is 14.9. The first-order valence-electron chi connectivity index (χ1n) is 6.62. The van der Waals surface area contributed by atoms with E-state index in [4.69, 9.17) is 0 Å². The summed E-state index contributed by atoms with van der Waals surface area (Å²) < 4.78 is 0. The number of carbonyl (C=O) groups is 2. The highest BCUT2D eigenvalue weighted by Crippen LogP contribution is 2.07. The SMILES string of the molecule is CCCNC(=O)NC(=O)CN(C)C1CCCNC1. The average Bonchev–Trinajstić information content (AvgIpc) is 2.37. The Hall–Kier alpha value is -1.14. The number of amides is 3. The van der Waals surface area contributed by atoms with Crippen molar-refractivity contribution in [2.45, 2.75) is 32.2 Å². The molecule has 1 fully saturated rings. The fraction of sp³-hybridized carbons (Fsp3) is 0.833. The third-order valence-corrected chi connectivity index (χ3v) is 3.08. The molecule has 0 saturated carbocycles. The van der Waals surface area contributed by atoms with Crippen LogP contribution in [0, 0.1) is 0 Å². The molecule has 6 nitrogen and oxygen atoms in total. The molecule has 18 heavy (non-hydrogen) atoms. The van der Waals surface area contributed by atoms with Crippen LogP contribution in [0.4, 0.5) is 4.79 Å². The van der Waals surface area contributed by atoms with Gasteiger partial charge in [0.25, 0.3) is 0 Å². The molecular weight excluding hydrogens is 232 g/mol. The van der Waals surface area contributed by atoms with Gasteiger partial charge in [-0.25, -0.2) is 4.79 Å². The van der Waals surface area contributed by atoms with Gasteiger partial charge in [0.1, 0.15) is 0 Å². The number of nitrogens with one attached hydrogen (secondary N) is 3. The number of imide groups is 1. The molecule has 0 aromatic carbocycles. The number of carbonyl (C=O) groups excluding carboxylic acids is 2. The number of rotatable bonds is 5. The first-order valence-corrected chi connectivity index (χ1v) is 6.62. The van der Waals surface area contributed by atoms with Gasteiger partial charge >= 0.3 is 6.03 Å². The van der Waals surface area contributed by atoms with E-state index in [2.05, 4.69) is 16.0 Å². The van der Waals surface area contributed by atoms with Gasteiger partial charge in [-0.2, -0.15) is 0 Å². The van der Waals surface area contributed by atoms with E-state index in [1.54, 1.807) is 0 Å². The van der Waals surface area contributed by atoms with E-state index in [0.29, 0.717) is 12.6 Å². The van der Waals surface area contributed by atoms with Gasteiger partial charge in [-0.1, -0.05) is 6.92 Å². The number of nitrogens with zero attached hydrogens (tertiary/aromatic N) is 1. The molecule has 6 heteroatoms. The second-order valence-electron chi connectivity index (χ2n) is 4.72. The predicted octanol–water partition coefficient (Wildman–Crippen LogP) is -0.0940. The van der Waals surface area contributed by atoms with Gasteiger partial charge in [-0.15, -0.1) is 0 Å². The lowest BCUT2D eigenvalue weighted by Gasteiger charge is -2.31. The topological polar surface area (TPSA) is 73.5 Å². The molecule has 3 amide bonds. The Bertz CT molecular complexity index is 277. The van der Waals surface area contributed by atoms with Crippen LogP contribution in [-0.4, -0.2) is 56.1 Å². The normalized spacial score (nSPS) is 19.6. The van der Waals surface area contributed by atoms with Crippen LogP contribution in [0.5, 0.6) is 0 Å². The maximum atomic E-state index is 11.6. The van der Waals surface area contributed by atoms with Gasteiger partial charge in [-0.05, 0) is 32.9 Å². The van der Waals surface area contributed by atoms with Crippen molar-refractivity contribution in [3.63, 3.8) is 0 Å². The molecule has 104 valence electrons. The second-order valence-corrected chi connectivity index (χ2v) is 4.72. The number of hydrogen-bond donors (Lipinski definition) is 3. The molecule has 3 N–H and O–H groups in total. The Balaban J connectivity index is 2.23. The summed E-state index contributed by atoms with van der Waals surface area (Å²) in [6, 6.07) is -0.0276. The van der Waals surface area contributed by atoms with Crippen LogP contribution in [0.15, 0.2) is 0 Å². The summed E-state index contributed by atoms with van der Waals surface area (Å²) in [6.45, 7) is 4.76. The van der Waals surface area contributed by atoms with E-state index in [-0.39, 0.29) is 12.5 Å². The summed E-state index contributed by atoms with van der Waals surface area (Å²) in [4.78, 5) is 24.9. The quantitative estimate of drug-likeness (QED) is 0.642. The number of piperidine rings is 1. The Labute approximate surface area is 108 Å². The van der Waals surface area contributed by atoms with Crippen LogP contribution in [0.2, 0.25) is 0 Å². The second kappa shape index (κ2) is 8.05. The maximum absolute atomic E-state index is 11.6. The molecule has 0 radical (unpaired) electrons. The maximum Gasteiger partial charge on any atom is 0.321 e. The largest absolute Gasteiger partial charge is 0.338 e. The van der Waals surface area contributed by atoms with Crippen LogP contribution in [0.1, 0.15) is 26.2 Å². The van der Waals surface area contributed by atoms with E-state index in [0.717, 1.165) is 32.4 Å². The zero-order valence-corrected chi connectivity index (χ0v) is 11.3. The summed E-state index contributed by atoms with van der Waals surface area (Å²) in [5, 5.41) is 8.25. The van der Waals surface area contributed by atoms with Crippen LogP contribution in [0.3, 0.4) is 0 Å². The summed E-state index contributed by atoms with van der Waals surface area (Å²) in [5.74, 6) is -0.253. The average molecular weight is 256 g/mol. The van der Waals surface area contributed by atoms with E-state index in [1.165, 1.54) is 0 Å². The van der Waals surface area contributed by atoms with Crippen molar-refractivity contribution < 1.29 is 9.59 Å². The third-order valence-electron chi connectivity index (χ3n) is 3.08. The summed E-state index contributed by atoms with van der Waals surface area (Å²) in [6.07, 6.45) is 3.08. The molecule has 0 spiro atoms. The van der Waals surface area contributed by atoms with Crippen molar-refractivity contribution in [2.24, 2.45) is 0 Å². The monoisotopic (exact) mass is 256 g/mol. The van der Waals surface area contributed by atoms with E-state index in [1.807, 2.05) is 18.9 Å². The van der Waals surface area contributed by atoms with Crippen molar-refractivity contribution in [3.8, 4) is 0 Å². The summed E-state index contributed by atoms with van der Waals surface area (Å²) in [7, 11) is 1.92. The Kier molecular flexibility index (Phi) is 6.67. The fourth-order valence-corrected chi connectivity index (χ4v) is 2.01. The molecule has 1 saturated heterocycles. The molecule has 0 bridgehead atoms. The van der Waals surface area contributed by atoms with Gasteiger partial charge in [0.15, 0.2) is 0 Å². The summed E-state index contributed by atoms with van der Waals surface area (Å²) >= 11 is 0. The first-order chi connectivity index (χ1) is 8.63. The minimum absolute atomic E-state index is 0.253. The smallest absolute Gasteiger partial charge is 0.321 e. The predicted molar refractivity (Wildman–Crippen MR) is 70.4 cm³/mol.